The van der Waals surface area contributed by atoms with Crippen molar-refractivity contribution in [3.63, 3.8) is 0 Å². The van der Waals surface area contributed by atoms with Crippen LogP contribution in [0.3, 0.4) is 0 Å². The standard InChI is InChI=1S/C45H38O8/c1-31(43(47)53-42(39-25-13-21-35-19-9-11-23-37(35)39)45(49)51-29-27-33-16-6-3-7-17-33)30-40(46)52-41(38-24-12-20-34-18-8-10-22-36(34)38)44(48)50-28-26-32-14-4-2-5-15-32/h2-25,41-42H,1,26-30H2. The van der Waals surface area contributed by atoms with Gasteiger partial charge in [0.25, 0.3) is 0 Å². The van der Waals surface area contributed by atoms with Crippen LogP contribution >= 0.6 is 0 Å². The van der Waals surface area contributed by atoms with Crippen molar-refractivity contribution in [3.05, 3.63) is 180 Å². The lowest BCUT2D eigenvalue weighted by molar-refractivity contribution is -0.169. The Hall–Kier alpha value is -6.54. The third-order valence-electron chi connectivity index (χ3n) is 8.72. The Morgan fingerprint density at radius 2 is 0.906 bits per heavy atom. The molecule has 6 aromatic carbocycles. The van der Waals surface area contributed by atoms with Gasteiger partial charge >= 0.3 is 23.9 Å². The van der Waals surface area contributed by atoms with E-state index in [9.17, 15) is 19.2 Å². The molecule has 6 aromatic rings. The van der Waals surface area contributed by atoms with Crippen molar-refractivity contribution in [2.75, 3.05) is 13.2 Å². The van der Waals surface area contributed by atoms with Crippen LogP contribution in [0.15, 0.2) is 158 Å². The summed E-state index contributed by atoms with van der Waals surface area (Å²) in [4.78, 5) is 54.0. The van der Waals surface area contributed by atoms with Crippen LogP contribution < -0.4 is 0 Å². The lowest BCUT2D eigenvalue weighted by atomic mass is 10.00. The smallest absolute Gasteiger partial charge is 0.352 e. The number of carbonyl (C=O) groups excluding carboxylic acids is 4. The molecule has 0 amide bonds. The van der Waals surface area contributed by atoms with Gasteiger partial charge in [-0.25, -0.2) is 14.4 Å². The number of ether oxygens (including phenoxy) is 4. The minimum absolute atomic E-state index is 0.0614. The third kappa shape index (κ3) is 9.42. The molecule has 8 heteroatoms. The number of esters is 4. The van der Waals surface area contributed by atoms with Gasteiger partial charge in [0, 0.05) is 29.5 Å². The molecule has 0 aliphatic carbocycles. The van der Waals surface area contributed by atoms with Gasteiger partial charge in [0.05, 0.1) is 19.6 Å². The van der Waals surface area contributed by atoms with Gasteiger partial charge in [-0.2, -0.15) is 0 Å². The Morgan fingerprint density at radius 1 is 0.491 bits per heavy atom. The molecule has 6 rings (SSSR count). The molecule has 0 bridgehead atoms. The highest BCUT2D eigenvalue weighted by molar-refractivity contribution is 5.97. The summed E-state index contributed by atoms with van der Waals surface area (Å²) in [6, 6.07) is 44.5. The van der Waals surface area contributed by atoms with Crippen molar-refractivity contribution in [3.8, 4) is 0 Å². The van der Waals surface area contributed by atoms with Crippen LogP contribution in [-0.4, -0.2) is 37.1 Å². The average molecular weight is 707 g/mol. The molecule has 53 heavy (non-hydrogen) atoms. The molecule has 0 heterocycles. The quantitative estimate of drug-likeness (QED) is 0.0596. The van der Waals surface area contributed by atoms with E-state index in [0.29, 0.717) is 34.7 Å². The summed E-state index contributed by atoms with van der Waals surface area (Å²) < 4.78 is 22.7. The van der Waals surface area contributed by atoms with Crippen LogP contribution in [0.25, 0.3) is 21.5 Å². The van der Waals surface area contributed by atoms with E-state index in [0.717, 1.165) is 21.9 Å². The van der Waals surface area contributed by atoms with Crippen molar-refractivity contribution in [2.24, 2.45) is 0 Å². The Balaban J connectivity index is 1.17. The first kappa shape index (κ1) is 36.3. The minimum atomic E-state index is -1.44. The van der Waals surface area contributed by atoms with Gasteiger partial charge in [0.1, 0.15) is 0 Å². The van der Waals surface area contributed by atoms with Crippen LogP contribution in [0.4, 0.5) is 0 Å². The van der Waals surface area contributed by atoms with E-state index in [-0.39, 0.29) is 18.8 Å². The summed E-state index contributed by atoms with van der Waals surface area (Å²) in [7, 11) is 0. The number of carbonyl (C=O) groups is 4. The van der Waals surface area contributed by atoms with Crippen LogP contribution in [0, 0.1) is 0 Å². The molecule has 8 nitrogen and oxygen atoms in total. The fourth-order valence-electron chi connectivity index (χ4n) is 6.02. The van der Waals surface area contributed by atoms with E-state index in [1.54, 1.807) is 24.3 Å². The van der Waals surface area contributed by atoms with Gasteiger partial charge in [0.2, 0.25) is 12.2 Å². The number of benzene rings is 6. The minimum Gasteiger partial charge on any atom is -0.462 e. The van der Waals surface area contributed by atoms with Gasteiger partial charge in [-0.05, 0) is 32.7 Å². The monoisotopic (exact) mass is 706 g/mol. The second-order valence-electron chi connectivity index (χ2n) is 12.4. The zero-order valence-corrected chi connectivity index (χ0v) is 29.0. The maximum atomic E-state index is 13.5. The molecule has 0 aliphatic rings. The maximum absolute atomic E-state index is 13.5. The largest absolute Gasteiger partial charge is 0.462 e. The van der Waals surface area contributed by atoms with Gasteiger partial charge < -0.3 is 18.9 Å². The summed E-state index contributed by atoms with van der Waals surface area (Å²) in [5.74, 6) is -3.42. The first-order chi connectivity index (χ1) is 25.9. The Labute approximate surface area is 307 Å². The lowest BCUT2D eigenvalue weighted by Gasteiger charge is -2.21. The third-order valence-corrected chi connectivity index (χ3v) is 8.72. The second kappa shape index (κ2) is 17.6. The van der Waals surface area contributed by atoms with E-state index >= 15 is 0 Å². The van der Waals surface area contributed by atoms with Gasteiger partial charge in [0.15, 0.2) is 0 Å². The molecule has 2 unspecified atom stereocenters. The first-order valence-corrected chi connectivity index (χ1v) is 17.3. The molecule has 0 fully saturated rings. The Bertz CT molecular complexity index is 2220. The highest BCUT2D eigenvalue weighted by Gasteiger charge is 2.32. The number of rotatable bonds is 15. The summed E-state index contributed by atoms with van der Waals surface area (Å²) in [5, 5.41) is 3.07. The van der Waals surface area contributed by atoms with E-state index in [1.807, 2.05) is 121 Å². The highest BCUT2D eigenvalue weighted by Crippen LogP contribution is 2.31. The molecule has 0 radical (unpaired) electrons. The van der Waals surface area contributed by atoms with Crippen molar-refractivity contribution in [1.82, 2.24) is 0 Å². The number of hydrogen-bond donors (Lipinski definition) is 0. The fraction of sp³-hybridized carbons (Fsp3) is 0.156. The van der Waals surface area contributed by atoms with Crippen LogP contribution in [-0.2, 0) is 51.0 Å². The predicted molar refractivity (Wildman–Crippen MR) is 202 cm³/mol. The summed E-state index contributed by atoms with van der Waals surface area (Å²) in [6.07, 6.45) is -2.54. The summed E-state index contributed by atoms with van der Waals surface area (Å²) >= 11 is 0. The van der Waals surface area contributed by atoms with E-state index < -0.39 is 42.5 Å². The summed E-state index contributed by atoms with van der Waals surface area (Å²) in [5.41, 5.74) is 2.55. The van der Waals surface area contributed by atoms with Crippen molar-refractivity contribution in [1.29, 1.82) is 0 Å². The van der Waals surface area contributed by atoms with E-state index in [1.165, 1.54) is 0 Å². The van der Waals surface area contributed by atoms with Crippen LogP contribution in [0.2, 0.25) is 0 Å². The average Bonchev–Trinajstić information content (AvgIpc) is 3.19. The van der Waals surface area contributed by atoms with Gasteiger partial charge in [-0.15, -0.1) is 0 Å². The van der Waals surface area contributed by atoms with Crippen molar-refractivity contribution in [2.45, 2.75) is 31.5 Å². The number of fused-ring (bicyclic) bond motifs is 2. The normalized spacial score (nSPS) is 12.0. The highest BCUT2D eigenvalue weighted by atomic mass is 16.6. The molecule has 0 aliphatic heterocycles. The SMILES string of the molecule is C=C(CC(=O)OC(C(=O)OCCc1ccccc1)c1cccc2ccccc12)C(=O)OC(C(=O)OCCc1ccccc1)c1cccc2ccccc12. The van der Waals surface area contributed by atoms with Crippen LogP contribution in [0.1, 0.15) is 40.9 Å². The molecule has 0 aromatic heterocycles. The Kier molecular flexibility index (Phi) is 12.0. The molecular formula is C45H38O8. The molecule has 0 saturated heterocycles. The zero-order chi connectivity index (χ0) is 37.0. The fourth-order valence-corrected chi connectivity index (χ4v) is 6.02. The summed E-state index contributed by atoms with van der Waals surface area (Å²) in [6.45, 7) is 3.91. The van der Waals surface area contributed by atoms with E-state index in [2.05, 4.69) is 6.58 Å². The lowest BCUT2D eigenvalue weighted by Crippen LogP contribution is -2.26. The Morgan fingerprint density at radius 3 is 1.40 bits per heavy atom. The zero-order valence-electron chi connectivity index (χ0n) is 29.0. The first-order valence-electron chi connectivity index (χ1n) is 17.3. The van der Waals surface area contributed by atoms with Gasteiger partial charge in [-0.3, -0.25) is 4.79 Å². The number of hydrogen-bond acceptors (Lipinski definition) is 8. The van der Waals surface area contributed by atoms with Crippen molar-refractivity contribution >= 4 is 45.4 Å². The molecule has 0 N–H and O–H groups in total. The van der Waals surface area contributed by atoms with Crippen LogP contribution in [0.5, 0.6) is 0 Å². The van der Waals surface area contributed by atoms with Gasteiger partial charge in [-0.1, -0.05) is 152 Å². The molecule has 0 saturated carbocycles. The molecular weight excluding hydrogens is 668 g/mol. The van der Waals surface area contributed by atoms with E-state index in [4.69, 9.17) is 18.9 Å². The topological polar surface area (TPSA) is 105 Å². The van der Waals surface area contributed by atoms with Crippen molar-refractivity contribution < 1.29 is 38.1 Å². The maximum Gasteiger partial charge on any atom is 0.352 e. The second-order valence-corrected chi connectivity index (χ2v) is 12.4. The molecule has 2 atom stereocenters. The molecule has 266 valence electrons. The predicted octanol–water partition coefficient (Wildman–Crippen LogP) is 8.38. The molecule has 0 spiro atoms.